The molecule has 2 amide bonds. The maximum atomic E-state index is 13.9. The molecule has 156 valence electrons. The molecule has 1 aliphatic heterocycles. The van der Waals surface area contributed by atoms with Crippen molar-refractivity contribution in [3.05, 3.63) is 106 Å². The zero-order chi connectivity index (χ0) is 21.8. The van der Waals surface area contributed by atoms with Crippen molar-refractivity contribution in [2.75, 3.05) is 0 Å². The molecule has 31 heavy (non-hydrogen) atoms. The molecule has 0 unspecified atom stereocenters. The third-order valence-corrected chi connectivity index (χ3v) is 5.73. The second kappa shape index (κ2) is 9.18. The van der Waals surface area contributed by atoms with Gasteiger partial charge in [0.2, 0.25) is 0 Å². The second-order valence-electron chi connectivity index (χ2n) is 7.21. The van der Waals surface area contributed by atoms with E-state index in [4.69, 9.17) is 4.74 Å². The van der Waals surface area contributed by atoms with Crippen molar-refractivity contribution in [2.24, 2.45) is 0 Å². The fourth-order valence-corrected chi connectivity index (χ4v) is 4.05. The zero-order valence-corrected chi connectivity index (χ0v) is 17.7. The average molecular weight is 434 g/mol. The summed E-state index contributed by atoms with van der Waals surface area (Å²) in [5.74, 6) is -0.142. The van der Waals surface area contributed by atoms with E-state index in [1.165, 1.54) is 11.6 Å². The third kappa shape index (κ3) is 5.03. The molecule has 0 atom stereocenters. The summed E-state index contributed by atoms with van der Waals surface area (Å²) in [7, 11) is 0. The van der Waals surface area contributed by atoms with Gasteiger partial charge in [-0.25, -0.2) is 4.39 Å². The largest absolute Gasteiger partial charge is 0.489 e. The van der Waals surface area contributed by atoms with Crippen LogP contribution in [-0.4, -0.2) is 16.0 Å². The summed E-state index contributed by atoms with van der Waals surface area (Å²) in [5, 5.41) is -0.405. The Morgan fingerprint density at radius 3 is 2.52 bits per heavy atom. The fourth-order valence-electron chi connectivity index (χ4n) is 3.21. The molecule has 4 nitrogen and oxygen atoms in total. The van der Waals surface area contributed by atoms with E-state index in [0.29, 0.717) is 22.8 Å². The Bertz CT molecular complexity index is 1160. The molecule has 1 aliphatic rings. The molecule has 0 bridgehead atoms. The molecule has 0 spiro atoms. The number of aryl methyl sites for hydroxylation is 1. The maximum Gasteiger partial charge on any atom is 0.293 e. The number of hydrogen-bond donors (Lipinski definition) is 0. The molecule has 0 N–H and O–H groups in total. The topological polar surface area (TPSA) is 46.6 Å². The number of halogens is 1. The van der Waals surface area contributed by atoms with Gasteiger partial charge in [-0.2, -0.15) is 0 Å². The minimum atomic E-state index is -0.438. The molecule has 1 heterocycles. The predicted octanol–water partition coefficient (Wildman–Crippen LogP) is 5.95. The first-order valence-electron chi connectivity index (χ1n) is 9.77. The van der Waals surface area contributed by atoms with Gasteiger partial charge in [0, 0.05) is 5.56 Å². The van der Waals surface area contributed by atoms with Crippen molar-refractivity contribution in [1.29, 1.82) is 0 Å². The standard InChI is InChI=1S/C25H20FNO3S/c1-17-5-4-6-19(13-17)16-30-21-11-9-18(10-12-21)14-23-24(28)27(25(29)31-23)15-20-7-2-3-8-22(20)26/h2-14H,15-16H2,1H3/b23-14+. The van der Waals surface area contributed by atoms with Crippen LogP contribution in [0.15, 0.2) is 77.7 Å². The van der Waals surface area contributed by atoms with Gasteiger partial charge in [0.15, 0.2) is 0 Å². The number of ether oxygens (including phenoxy) is 1. The van der Waals surface area contributed by atoms with Gasteiger partial charge in [0.25, 0.3) is 11.1 Å². The van der Waals surface area contributed by atoms with Crippen molar-refractivity contribution in [3.8, 4) is 5.75 Å². The number of nitrogens with zero attached hydrogens (tertiary/aromatic N) is 1. The van der Waals surface area contributed by atoms with E-state index < -0.39 is 17.0 Å². The van der Waals surface area contributed by atoms with Crippen LogP contribution in [-0.2, 0) is 17.9 Å². The van der Waals surface area contributed by atoms with Gasteiger partial charge in [-0.3, -0.25) is 14.5 Å². The van der Waals surface area contributed by atoms with Crippen LogP contribution in [0.5, 0.6) is 5.75 Å². The molecule has 3 aromatic rings. The second-order valence-corrected chi connectivity index (χ2v) is 8.20. The first-order chi connectivity index (χ1) is 15.0. The lowest BCUT2D eigenvalue weighted by Crippen LogP contribution is -2.27. The number of thioether (sulfide) groups is 1. The highest BCUT2D eigenvalue weighted by Crippen LogP contribution is 2.33. The summed E-state index contributed by atoms with van der Waals surface area (Å²) in [6.45, 7) is 2.42. The van der Waals surface area contributed by atoms with E-state index in [9.17, 15) is 14.0 Å². The van der Waals surface area contributed by atoms with Crippen LogP contribution in [0.25, 0.3) is 6.08 Å². The minimum Gasteiger partial charge on any atom is -0.489 e. The Morgan fingerprint density at radius 1 is 1.00 bits per heavy atom. The van der Waals surface area contributed by atoms with Crippen molar-refractivity contribution in [2.45, 2.75) is 20.1 Å². The number of amides is 2. The van der Waals surface area contributed by atoms with Crippen LogP contribution >= 0.6 is 11.8 Å². The van der Waals surface area contributed by atoms with Gasteiger partial charge >= 0.3 is 0 Å². The van der Waals surface area contributed by atoms with Gasteiger partial charge < -0.3 is 4.74 Å². The first kappa shape index (κ1) is 20.9. The number of rotatable bonds is 6. The van der Waals surface area contributed by atoms with Crippen molar-refractivity contribution < 1.29 is 18.7 Å². The Morgan fingerprint density at radius 2 is 1.77 bits per heavy atom. The number of hydrogen-bond acceptors (Lipinski definition) is 4. The zero-order valence-electron chi connectivity index (χ0n) is 16.9. The first-order valence-corrected chi connectivity index (χ1v) is 10.6. The van der Waals surface area contributed by atoms with E-state index in [0.717, 1.165) is 27.8 Å². The molecular weight excluding hydrogens is 413 g/mol. The van der Waals surface area contributed by atoms with Crippen LogP contribution < -0.4 is 4.74 Å². The van der Waals surface area contributed by atoms with E-state index in [-0.39, 0.29) is 6.54 Å². The van der Waals surface area contributed by atoms with Crippen molar-refractivity contribution in [3.63, 3.8) is 0 Å². The van der Waals surface area contributed by atoms with Gasteiger partial charge in [-0.15, -0.1) is 0 Å². The van der Waals surface area contributed by atoms with E-state index in [1.54, 1.807) is 24.3 Å². The van der Waals surface area contributed by atoms with Crippen LogP contribution in [0.1, 0.15) is 22.3 Å². The maximum absolute atomic E-state index is 13.9. The van der Waals surface area contributed by atoms with Gasteiger partial charge in [-0.1, -0.05) is 60.2 Å². The van der Waals surface area contributed by atoms with Crippen LogP contribution in [0, 0.1) is 12.7 Å². The van der Waals surface area contributed by atoms with Gasteiger partial charge in [0.05, 0.1) is 11.4 Å². The van der Waals surface area contributed by atoms with E-state index in [1.807, 2.05) is 49.4 Å². The number of benzene rings is 3. The molecule has 1 fully saturated rings. The minimum absolute atomic E-state index is 0.0829. The Hall–Kier alpha value is -3.38. The van der Waals surface area contributed by atoms with E-state index >= 15 is 0 Å². The summed E-state index contributed by atoms with van der Waals surface area (Å²) in [5.41, 5.74) is 3.36. The molecule has 1 saturated heterocycles. The Kier molecular flexibility index (Phi) is 6.18. The Balaban J connectivity index is 1.42. The lowest BCUT2D eigenvalue weighted by atomic mass is 10.1. The summed E-state index contributed by atoms with van der Waals surface area (Å²) in [4.78, 5) is 26.3. The molecular formula is C25H20FNO3S. The summed E-state index contributed by atoms with van der Waals surface area (Å²) in [6.07, 6.45) is 1.66. The smallest absolute Gasteiger partial charge is 0.293 e. The lowest BCUT2D eigenvalue weighted by molar-refractivity contribution is -0.123. The monoisotopic (exact) mass is 433 g/mol. The SMILES string of the molecule is Cc1cccc(COc2ccc(/C=C3/SC(=O)N(Cc4ccccc4F)C3=O)cc2)c1. The highest BCUT2D eigenvalue weighted by Gasteiger charge is 2.35. The number of carbonyl (C=O) groups is 2. The highest BCUT2D eigenvalue weighted by atomic mass is 32.2. The summed E-state index contributed by atoms with van der Waals surface area (Å²) >= 11 is 0.860. The van der Waals surface area contributed by atoms with E-state index in [2.05, 4.69) is 6.07 Å². The fraction of sp³-hybridized carbons (Fsp3) is 0.120. The van der Waals surface area contributed by atoms with Crippen molar-refractivity contribution >= 4 is 29.0 Å². The summed E-state index contributed by atoms with van der Waals surface area (Å²) in [6, 6.07) is 21.6. The molecule has 3 aromatic carbocycles. The molecule has 0 saturated carbocycles. The highest BCUT2D eigenvalue weighted by molar-refractivity contribution is 8.18. The van der Waals surface area contributed by atoms with Crippen molar-refractivity contribution in [1.82, 2.24) is 4.90 Å². The third-order valence-electron chi connectivity index (χ3n) is 4.83. The predicted molar refractivity (Wildman–Crippen MR) is 120 cm³/mol. The van der Waals surface area contributed by atoms with Gasteiger partial charge in [-0.05, 0) is 54.1 Å². The molecule has 0 radical (unpaired) electrons. The Labute approximate surface area is 184 Å². The quantitative estimate of drug-likeness (QED) is 0.451. The normalized spacial score (nSPS) is 15.0. The molecule has 0 aromatic heterocycles. The molecule has 6 heteroatoms. The van der Waals surface area contributed by atoms with Crippen LogP contribution in [0.2, 0.25) is 0 Å². The average Bonchev–Trinajstić information content (AvgIpc) is 3.02. The lowest BCUT2D eigenvalue weighted by Gasteiger charge is -2.12. The van der Waals surface area contributed by atoms with Crippen LogP contribution in [0.4, 0.5) is 9.18 Å². The molecule has 0 aliphatic carbocycles. The van der Waals surface area contributed by atoms with Crippen LogP contribution in [0.3, 0.4) is 0 Å². The number of carbonyl (C=O) groups excluding carboxylic acids is 2. The summed E-state index contributed by atoms with van der Waals surface area (Å²) < 4.78 is 19.7. The number of imide groups is 1. The van der Waals surface area contributed by atoms with Gasteiger partial charge in [0.1, 0.15) is 18.2 Å². The molecule has 4 rings (SSSR count).